The highest BCUT2D eigenvalue weighted by Crippen LogP contribution is 2.36. The Bertz CT molecular complexity index is 679. The van der Waals surface area contributed by atoms with E-state index < -0.39 is 0 Å². The van der Waals surface area contributed by atoms with E-state index in [0.29, 0.717) is 0 Å². The third kappa shape index (κ3) is 4.37. The van der Waals surface area contributed by atoms with Crippen LogP contribution in [0.15, 0.2) is 30.3 Å². The molecule has 2 nitrogen and oxygen atoms in total. The lowest BCUT2D eigenvalue weighted by Crippen LogP contribution is -2.36. The third-order valence-corrected chi connectivity index (χ3v) is 7.51. The zero-order chi connectivity index (χ0) is 17.8. The van der Waals surface area contributed by atoms with Crippen molar-refractivity contribution in [3.05, 3.63) is 51.5 Å². The number of likely N-dealkylation sites (tertiary alicyclic amines) is 1. The van der Waals surface area contributed by atoms with E-state index in [0.717, 1.165) is 24.7 Å². The highest BCUT2D eigenvalue weighted by molar-refractivity contribution is 7.11. The van der Waals surface area contributed by atoms with E-state index in [1.165, 1.54) is 74.4 Å². The Balaban J connectivity index is 1.38. The quantitative estimate of drug-likeness (QED) is 0.653. The molecule has 4 rings (SSSR count). The normalized spacial score (nSPS) is 20.0. The minimum atomic E-state index is 0.742. The molecule has 2 fully saturated rings. The molecule has 26 heavy (non-hydrogen) atoms. The maximum absolute atomic E-state index is 5.01. The Morgan fingerprint density at radius 3 is 2.46 bits per heavy atom. The molecule has 1 aliphatic carbocycles. The summed E-state index contributed by atoms with van der Waals surface area (Å²) in [7, 11) is 0. The number of aromatic nitrogens is 1. The van der Waals surface area contributed by atoms with Crippen molar-refractivity contribution in [3.63, 3.8) is 0 Å². The SMILES string of the molecule is CCc1nc(Cc2ccccc2)sc1C1CCN(CC2CCCC2)CC1. The molecule has 2 aliphatic rings. The second-order valence-electron chi connectivity index (χ2n) is 8.16. The van der Waals surface area contributed by atoms with E-state index in [4.69, 9.17) is 4.98 Å². The summed E-state index contributed by atoms with van der Waals surface area (Å²) in [4.78, 5) is 9.34. The van der Waals surface area contributed by atoms with Crippen molar-refractivity contribution < 1.29 is 0 Å². The van der Waals surface area contributed by atoms with Gasteiger partial charge in [-0.3, -0.25) is 0 Å². The molecule has 0 N–H and O–H groups in total. The van der Waals surface area contributed by atoms with Crippen LogP contribution >= 0.6 is 11.3 Å². The first kappa shape index (κ1) is 18.2. The Morgan fingerprint density at radius 2 is 1.77 bits per heavy atom. The molecule has 140 valence electrons. The molecule has 1 aromatic heterocycles. The number of hydrogen-bond acceptors (Lipinski definition) is 3. The van der Waals surface area contributed by atoms with Crippen LogP contribution < -0.4 is 0 Å². The maximum Gasteiger partial charge on any atom is 0.0975 e. The van der Waals surface area contributed by atoms with Crippen LogP contribution in [0, 0.1) is 5.92 Å². The summed E-state index contributed by atoms with van der Waals surface area (Å²) in [5.74, 6) is 1.73. The zero-order valence-electron chi connectivity index (χ0n) is 16.1. The van der Waals surface area contributed by atoms with Gasteiger partial charge < -0.3 is 4.90 Å². The zero-order valence-corrected chi connectivity index (χ0v) is 16.9. The van der Waals surface area contributed by atoms with Gasteiger partial charge in [0.15, 0.2) is 0 Å². The molecule has 0 atom stereocenters. The Labute approximate surface area is 162 Å². The standard InChI is InChI=1S/C23H32N2S/c1-2-21-23(26-22(24-21)16-18-8-4-3-5-9-18)20-12-14-25(15-13-20)17-19-10-6-7-11-19/h3-5,8-9,19-20H,2,6-7,10-17H2,1H3. The summed E-state index contributed by atoms with van der Waals surface area (Å²) in [5, 5.41) is 1.30. The van der Waals surface area contributed by atoms with Gasteiger partial charge in [0, 0.05) is 17.8 Å². The average molecular weight is 369 g/mol. The van der Waals surface area contributed by atoms with Gasteiger partial charge in [-0.15, -0.1) is 11.3 Å². The fourth-order valence-corrected chi connectivity index (χ4v) is 6.13. The van der Waals surface area contributed by atoms with Gasteiger partial charge >= 0.3 is 0 Å². The third-order valence-electron chi connectivity index (χ3n) is 6.25. The van der Waals surface area contributed by atoms with Gasteiger partial charge in [-0.25, -0.2) is 4.98 Å². The van der Waals surface area contributed by atoms with Crippen molar-refractivity contribution >= 4 is 11.3 Å². The molecule has 1 saturated carbocycles. The Kier molecular flexibility index (Phi) is 6.06. The average Bonchev–Trinajstić information content (AvgIpc) is 3.33. The van der Waals surface area contributed by atoms with Gasteiger partial charge in [0.25, 0.3) is 0 Å². The summed E-state index contributed by atoms with van der Waals surface area (Å²) in [5.41, 5.74) is 2.75. The minimum Gasteiger partial charge on any atom is -0.303 e. The summed E-state index contributed by atoms with van der Waals surface area (Å²) < 4.78 is 0. The summed E-state index contributed by atoms with van der Waals surface area (Å²) in [6.45, 7) is 6.20. The first-order valence-corrected chi connectivity index (χ1v) is 11.4. The van der Waals surface area contributed by atoms with Gasteiger partial charge in [0.2, 0.25) is 0 Å². The lowest BCUT2D eigenvalue weighted by Gasteiger charge is -2.33. The number of thiazole rings is 1. The molecule has 1 saturated heterocycles. The van der Waals surface area contributed by atoms with Gasteiger partial charge in [-0.2, -0.15) is 0 Å². The molecule has 0 spiro atoms. The maximum atomic E-state index is 5.01. The molecular formula is C23H32N2S. The van der Waals surface area contributed by atoms with E-state index in [1.807, 2.05) is 11.3 Å². The van der Waals surface area contributed by atoms with E-state index in [9.17, 15) is 0 Å². The van der Waals surface area contributed by atoms with Crippen LogP contribution in [0.25, 0.3) is 0 Å². The molecule has 3 heteroatoms. The van der Waals surface area contributed by atoms with Gasteiger partial charge in [-0.05, 0) is 62.6 Å². The lowest BCUT2D eigenvalue weighted by molar-refractivity contribution is 0.184. The van der Waals surface area contributed by atoms with Crippen LogP contribution in [-0.4, -0.2) is 29.5 Å². The molecule has 0 unspecified atom stereocenters. The van der Waals surface area contributed by atoms with Crippen LogP contribution in [0.2, 0.25) is 0 Å². The van der Waals surface area contributed by atoms with E-state index in [1.54, 1.807) is 4.88 Å². The van der Waals surface area contributed by atoms with E-state index >= 15 is 0 Å². The van der Waals surface area contributed by atoms with Crippen LogP contribution in [0.3, 0.4) is 0 Å². The van der Waals surface area contributed by atoms with Crippen LogP contribution in [0.1, 0.15) is 72.5 Å². The molecule has 1 aromatic carbocycles. The van der Waals surface area contributed by atoms with Crippen LogP contribution in [0.4, 0.5) is 0 Å². The van der Waals surface area contributed by atoms with Gasteiger partial charge in [0.05, 0.1) is 10.7 Å². The molecule has 2 heterocycles. The van der Waals surface area contributed by atoms with Crippen LogP contribution in [-0.2, 0) is 12.8 Å². The van der Waals surface area contributed by atoms with Crippen molar-refractivity contribution in [1.29, 1.82) is 0 Å². The summed E-state index contributed by atoms with van der Waals surface area (Å²) in [6.07, 6.45) is 10.6. The number of hydrogen-bond donors (Lipinski definition) is 0. The van der Waals surface area contributed by atoms with Crippen LogP contribution in [0.5, 0.6) is 0 Å². The number of aryl methyl sites for hydroxylation is 1. The number of piperidine rings is 1. The molecule has 0 bridgehead atoms. The molecule has 1 aliphatic heterocycles. The van der Waals surface area contributed by atoms with Gasteiger partial charge in [0.1, 0.15) is 0 Å². The number of nitrogens with zero attached hydrogens (tertiary/aromatic N) is 2. The predicted octanol–water partition coefficient (Wildman–Crippen LogP) is 5.67. The smallest absolute Gasteiger partial charge is 0.0975 e. The van der Waals surface area contributed by atoms with Crippen molar-refractivity contribution in [2.75, 3.05) is 19.6 Å². The molecule has 0 radical (unpaired) electrons. The fourth-order valence-electron chi connectivity index (χ4n) is 4.77. The monoisotopic (exact) mass is 368 g/mol. The minimum absolute atomic E-state index is 0.742. The summed E-state index contributed by atoms with van der Waals surface area (Å²) >= 11 is 1.99. The number of rotatable bonds is 6. The molecular weight excluding hydrogens is 336 g/mol. The Morgan fingerprint density at radius 1 is 1.04 bits per heavy atom. The lowest BCUT2D eigenvalue weighted by atomic mass is 9.93. The van der Waals surface area contributed by atoms with Crippen molar-refractivity contribution in [1.82, 2.24) is 9.88 Å². The van der Waals surface area contributed by atoms with Crippen molar-refractivity contribution in [2.24, 2.45) is 5.92 Å². The topological polar surface area (TPSA) is 16.1 Å². The first-order valence-electron chi connectivity index (χ1n) is 10.6. The molecule has 0 amide bonds. The predicted molar refractivity (Wildman–Crippen MR) is 111 cm³/mol. The Hall–Kier alpha value is -1.19. The van der Waals surface area contributed by atoms with Crippen molar-refractivity contribution in [3.8, 4) is 0 Å². The van der Waals surface area contributed by atoms with E-state index in [-0.39, 0.29) is 0 Å². The van der Waals surface area contributed by atoms with E-state index in [2.05, 4.69) is 42.2 Å². The molecule has 2 aromatic rings. The van der Waals surface area contributed by atoms with Crippen molar-refractivity contribution in [2.45, 2.75) is 64.2 Å². The highest BCUT2D eigenvalue weighted by Gasteiger charge is 2.27. The largest absolute Gasteiger partial charge is 0.303 e. The number of benzene rings is 1. The second-order valence-corrected chi connectivity index (χ2v) is 9.28. The highest BCUT2D eigenvalue weighted by atomic mass is 32.1. The fraction of sp³-hybridized carbons (Fsp3) is 0.609. The second kappa shape index (κ2) is 8.67. The first-order chi connectivity index (χ1) is 12.8. The van der Waals surface area contributed by atoms with Gasteiger partial charge in [-0.1, -0.05) is 50.1 Å². The summed E-state index contributed by atoms with van der Waals surface area (Å²) in [6, 6.07) is 10.8.